The van der Waals surface area contributed by atoms with Gasteiger partial charge in [0, 0.05) is 33.3 Å². The van der Waals surface area contributed by atoms with E-state index >= 15 is 0 Å². The maximum Gasteiger partial charge on any atom is 0.140 e. The third kappa shape index (κ3) is 3.91. The second-order valence-electron chi connectivity index (χ2n) is 5.07. The van der Waals surface area contributed by atoms with Crippen molar-refractivity contribution in [2.24, 2.45) is 0 Å². The van der Waals surface area contributed by atoms with E-state index in [0.29, 0.717) is 0 Å². The number of halogens is 2. The molecule has 3 nitrogen and oxygen atoms in total. The van der Waals surface area contributed by atoms with Gasteiger partial charge in [0.15, 0.2) is 0 Å². The summed E-state index contributed by atoms with van der Waals surface area (Å²) < 4.78 is 5.19. The first-order valence-electron chi connectivity index (χ1n) is 7.26. The van der Waals surface area contributed by atoms with Crippen LogP contribution in [0.3, 0.4) is 0 Å². The molecule has 2 aromatic carbocycles. The van der Waals surface area contributed by atoms with Crippen LogP contribution in [-0.2, 0) is 13.0 Å². The standard InChI is InChI=1S/C17H15BrClN3S/c1-2-16-17(23-21-20-16)22(15-8-6-13(18)7-9-15)11-12-4-3-5-14(19)10-12/h3-10H,2,11H2,1H3. The predicted molar refractivity (Wildman–Crippen MR) is 101 cm³/mol. The summed E-state index contributed by atoms with van der Waals surface area (Å²) in [5.41, 5.74) is 3.27. The molecule has 6 heteroatoms. The maximum atomic E-state index is 6.13. The number of anilines is 2. The van der Waals surface area contributed by atoms with E-state index in [-0.39, 0.29) is 0 Å². The Hall–Kier alpha value is -1.43. The van der Waals surface area contributed by atoms with Gasteiger partial charge in [-0.3, -0.25) is 0 Å². The highest BCUT2D eigenvalue weighted by atomic mass is 79.9. The lowest BCUT2D eigenvalue weighted by Crippen LogP contribution is -2.16. The number of hydrogen-bond donors (Lipinski definition) is 0. The van der Waals surface area contributed by atoms with Crippen LogP contribution < -0.4 is 4.90 Å². The van der Waals surface area contributed by atoms with E-state index in [0.717, 1.165) is 44.4 Å². The Morgan fingerprint density at radius 3 is 2.65 bits per heavy atom. The van der Waals surface area contributed by atoms with E-state index in [1.165, 1.54) is 11.5 Å². The Morgan fingerprint density at radius 2 is 1.96 bits per heavy atom. The minimum atomic E-state index is 0.721. The minimum absolute atomic E-state index is 0.721. The van der Waals surface area contributed by atoms with Gasteiger partial charge in [0.1, 0.15) is 5.00 Å². The van der Waals surface area contributed by atoms with Crippen molar-refractivity contribution in [3.8, 4) is 0 Å². The molecular formula is C17H15BrClN3S. The van der Waals surface area contributed by atoms with Crippen molar-refractivity contribution in [3.63, 3.8) is 0 Å². The number of aryl methyl sites for hydroxylation is 1. The molecule has 0 radical (unpaired) electrons. The lowest BCUT2D eigenvalue weighted by molar-refractivity contribution is 0.938. The molecule has 0 bridgehead atoms. The fourth-order valence-electron chi connectivity index (χ4n) is 2.35. The van der Waals surface area contributed by atoms with Gasteiger partial charge in [0.2, 0.25) is 0 Å². The molecule has 3 rings (SSSR count). The van der Waals surface area contributed by atoms with E-state index in [1.54, 1.807) is 0 Å². The Bertz CT molecular complexity index is 789. The predicted octanol–water partition coefficient (Wildman–Crippen LogP) is 5.85. The van der Waals surface area contributed by atoms with Crippen LogP contribution in [0, 0.1) is 0 Å². The number of nitrogens with zero attached hydrogens (tertiary/aromatic N) is 3. The van der Waals surface area contributed by atoms with Gasteiger partial charge in [-0.05, 0) is 48.4 Å². The van der Waals surface area contributed by atoms with E-state index in [4.69, 9.17) is 11.6 Å². The van der Waals surface area contributed by atoms with E-state index in [1.807, 2.05) is 30.3 Å². The number of hydrogen-bond acceptors (Lipinski definition) is 4. The van der Waals surface area contributed by atoms with Gasteiger partial charge < -0.3 is 4.90 Å². The van der Waals surface area contributed by atoms with Gasteiger partial charge >= 0.3 is 0 Å². The highest BCUT2D eigenvalue weighted by Crippen LogP contribution is 2.33. The average Bonchev–Trinajstić information content (AvgIpc) is 3.02. The van der Waals surface area contributed by atoms with Gasteiger partial charge in [-0.2, -0.15) is 0 Å². The Morgan fingerprint density at radius 1 is 1.17 bits per heavy atom. The molecule has 0 spiro atoms. The SMILES string of the molecule is CCc1nnsc1N(Cc1cccc(Cl)c1)c1ccc(Br)cc1. The van der Waals surface area contributed by atoms with Crippen molar-refractivity contribution in [2.75, 3.05) is 4.90 Å². The molecule has 0 aliphatic heterocycles. The Balaban J connectivity index is 2.01. The average molecular weight is 409 g/mol. The summed E-state index contributed by atoms with van der Waals surface area (Å²) in [6.45, 7) is 2.82. The van der Waals surface area contributed by atoms with Crippen LogP contribution in [0.25, 0.3) is 0 Å². The molecule has 0 fully saturated rings. The molecular weight excluding hydrogens is 394 g/mol. The Kier molecular flexibility index (Phi) is 5.30. The molecule has 1 heterocycles. The quantitative estimate of drug-likeness (QED) is 0.530. The zero-order valence-electron chi connectivity index (χ0n) is 12.5. The van der Waals surface area contributed by atoms with Gasteiger partial charge in [0.25, 0.3) is 0 Å². The third-order valence-corrected chi connectivity index (χ3v) is 5.04. The molecule has 0 saturated carbocycles. The van der Waals surface area contributed by atoms with Crippen LogP contribution in [0.4, 0.5) is 10.7 Å². The highest BCUT2D eigenvalue weighted by molar-refractivity contribution is 9.10. The zero-order valence-corrected chi connectivity index (χ0v) is 15.7. The first-order valence-corrected chi connectivity index (χ1v) is 9.20. The highest BCUT2D eigenvalue weighted by Gasteiger charge is 2.17. The molecule has 1 aromatic heterocycles. The second-order valence-corrected chi connectivity index (χ2v) is 7.16. The van der Waals surface area contributed by atoms with E-state index in [9.17, 15) is 0 Å². The molecule has 118 valence electrons. The summed E-state index contributed by atoms with van der Waals surface area (Å²) in [6.07, 6.45) is 0.856. The first-order chi connectivity index (χ1) is 11.2. The third-order valence-electron chi connectivity index (χ3n) is 3.48. The minimum Gasteiger partial charge on any atom is -0.326 e. The van der Waals surface area contributed by atoms with Crippen molar-refractivity contribution >= 4 is 49.8 Å². The summed E-state index contributed by atoms with van der Waals surface area (Å²) in [5.74, 6) is 0. The molecule has 0 saturated heterocycles. The Labute approximate surface area is 153 Å². The van der Waals surface area contributed by atoms with E-state index in [2.05, 4.69) is 55.5 Å². The van der Waals surface area contributed by atoms with Crippen LogP contribution in [0.5, 0.6) is 0 Å². The number of rotatable bonds is 5. The molecule has 0 aliphatic carbocycles. The number of aromatic nitrogens is 2. The largest absolute Gasteiger partial charge is 0.326 e. The fourth-order valence-corrected chi connectivity index (χ4v) is 3.60. The lowest BCUT2D eigenvalue weighted by Gasteiger charge is -2.24. The van der Waals surface area contributed by atoms with Crippen LogP contribution in [0.2, 0.25) is 5.02 Å². The summed E-state index contributed by atoms with van der Waals surface area (Å²) in [7, 11) is 0. The number of benzene rings is 2. The zero-order chi connectivity index (χ0) is 16.2. The molecule has 0 amide bonds. The molecule has 3 aromatic rings. The fraction of sp³-hybridized carbons (Fsp3) is 0.176. The van der Waals surface area contributed by atoms with Crippen molar-refractivity contribution in [1.82, 2.24) is 9.59 Å². The van der Waals surface area contributed by atoms with Crippen molar-refractivity contribution in [3.05, 3.63) is 69.3 Å². The van der Waals surface area contributed by atoms with Crippen molar-refractivity contribution in [1.29, 1.82) is 0 Å². The van der Waals surface area contributed by atoms with Gasteiger partial charge in [-0.1, -0.05) is 51.1 Å². The van der Waals surface area contributed by atoms with Crippen molar-refractivity contribution in [2.45, 2.75) is 19.9 Å². The van der Waals surface area contributed by atoms with Gasteiger partial charge in [-0.25, -0.2) is 0 Å². The normalized spacial score (nSPS) is 10.7. The molecule has 0 N–H and O–H groups in total. The van der Waals surface area contributed by atoms with Gasteiger partial charge in [0.05, 0.1) is 5.69 Å². The first kappa shape index (κ1) is 16.4. The van der Waals surface area contributed by atoms with Crippen LogP contribution >= 0.6 is 39.1 Å². The molecule has 0 atom stereocenters. The monoisotopic (exact) mass is 407 g/mol. The smallest absolute Gasteiger partial charge is 0.140 e. The summed E-state index contributed by atoms with van der Waals surface area (Å²) in [5, 5.41) is 6.07. The summed E-state index contributed by atoms with van der Waals surface area (Å²) in [4.78, 5) is 2.24. The van der Waals surface area contributed by atoms with Crippen LogP contribution in [0.15, 0.2) is 53.0 Å². The molecule has 23 heavy (non-hydrogen) atoms. The summed E-state index contributed by atoms with van der Waals surface area (Å²) >= 11 is 11.0. The van der Waals surface area contributed by atoms with Crippen molar-refractivity contribution < 1.29 is 0 Å². The summed E-state index contributed by atoms with van der Waals surface area (Å²) in [6, 6.07) is 16.2. The molecule has 0 aliphatic rings. The van der Waals surface area contributed by atoms with Gasteiger partial charge in [-0.15, -0.1) is 5.10 Å². The topological polar surface area (TPSA) is 29.0 Å². The lowest BCUT2D eigenvalue weighted by atomic mass is 10.2. The maximum absolute atomic E-state index is 6.13. The van der Waals surface area contributed by atoms with Crippen LogP contribution in [-0.4, -0.2) is 9.59 Å². The van der Waals surface area contributed by atoms with E-state index < -0.39 is 0 Å². The molecule has 0 unspecified atom stereocenters. The van der Waals surface area contributed by atoms with Crippen LogP contribution in [0.1, 0.15) is 18.2 Å². The second kappa shape index (κ2) is 7.43.